The molecule has 96 valence electrons. The van der Waals surface area contributed by atoms with Gasteiger partial charge in [0.1, 0.15) is 0 Å². The summed E-state index contributed by atoms with van der Waals surface area (Å²) in [6.45, 7) is 1.44. The molecule has 0 spiro atoms. The Morgan fingerprint density at radius 2 is 1.79 bits per heavy atom. The maximum absolute atomic E-state index is 12.4. The predicted octanol–water partition coefficient (Wildman–Crippen LogP) is 3.05. The summed E-state index contributed by atoms with van der Waals surface area (Å²) in [5.41, 5.74) is 2.04. The molecule has 0 bridgehead atoms. The number of benzene rings is 1. The van der Waals surface area contributed by atoms with Crippen LogP contribution < -0.4 is 5.56 Å². The first-order valence-electron chi connectivity index (χ1n) is 6.50. The van der Waals surface area contributed by atoms with Crippen LogP contribution in [0.5, 0.6) is 0 Å². The highest BCUT2D eigenvalue weighted by Crippen LogP contribution is 2.37. The van der Waals surface area contributed by atoms with Gasteiger partial charge < -0.3 is 4.57 Å². The molecule has 0 unspecified atom stereocenters. The minimum atomic E-state index is -0.168. The average Bonchev–Trinajstić information content (AvgIpc) is 3.23. The van der Waals surface area contributed by atoms with Crippen molar-refractivity contribution in [1.82, 2.24) is 4.57 Å². The fourth-order valence-electron chi connectivity index (χ4n) is 2.36. The van der Waals surface area contributed by atoms with Crippen molar-refractivity contribution in [3.05, 3.63) is 58.4 Å². The van der Waals surface area contributed by atoms with Gasteiger partial charge in [0.15, 0.2) is 5.78 Å². The van der Waals surface area contributed by atoms with Gasteiger partial charge in [-0.05, 0) is 37.5 Å². The number of nitrogens with zero attached hydrogens (tertiary/aromatic N) is 1. The summed E-state index contributed by atoms with van der Waals surface area (Å²) in [6.07, 6.45) is 2.03. The van der Waals surface area contributed by atoms with E-state index in [1.165, 1.54) is 6.92 Å². The molecule has 1 aliphatic rings. The van der Waals surface area contributed by atoms with Crippen molar-refractivity contribution in [3.63, 3.8) is 0 Å². The Labute approximate surface area is 111 Å². The minimum Gasteiger partial charge on any atom is -0.305 e. The molecule has 1 aromatic heterocycles. The lowest BCUT2D eigenvalue weighted by atomic mass is 10.1. The van der Waals surface area contributed by atoms with E-state index in [0.717, 1.165) is 24.1 Å². The number of carbonyl (C=O) groups is 1. The topological polar surface area (TPSA) is 39.1 Å². The van der Waals surface area contributed by atoms with Crippen LogP contribution in [0.1, 0.15) is 36.2 Å². The third kappa shape index (κ3) is 2.12. The fraction of sp³-hybridized carbons (Fsp3) is 0.250. The van der Waals surface area contributed by atoms with E-state index >= 15 is 0 Å². The van der Waals surface area contributed by atoms with Gasteiger partial charge in [0.05, 0.1) is 11.3 Å². The Morgan fingerprint density at radius 1 is 1.11 bits per heavy atom. The summed E-state index contributed by atoms with van der Waals surface area (Å²) in [5.74, 6) is -0.168. The first-order valence-corrected chi connectivity index (χ1v) is 6.50. The van der Waals surface area contributed by atoms with Crippen LogP contribution in [0.15, 0.2) is 47.3 Å². The van der Waals surface area contributed by atoms with Gasteiger partial charge in [-0.25, -0.2) is 0 Å². The van der Waals surface area contributed by atoms with Gasteiger partial charge >= 0.3 is 0 Å². The zero-order valence-corrected chi connectivity index (χ0v) is 10.8. The number of hydrogen-bond donors (Lipinski definition) is 0. The van der Waals surface area contributed by atoms with E-state index in [1.54, 1.807) is 10.6 Å². The van der Waals surface area contributed by atoms with Gasteiger partial charge in [0.25, 0.3) is 5.56 Å². The normalized spacial score (nSPS) is 14.4. The number of aromatic nitrogens is 1. The molecule has 0 saturated heterocycles. The molecule has 0 amide bonds. The van der Waals surface area contributed by atoms with Gasteiger partial charge in [-0.2, -0.15) is 0 Å². The third-order valence-electron chi connectivity index (χ3n) is 3.48. The van der Waals surface area contributed by atoms with Crippen molar-refractivity contribution in [2.75, 3.05) is 0 Å². The number of hydrogen-bond acceptors (Lipinski definition) is 2. The maximum atomic E-state index is 12.4. The van der Waals surface area contributed by atoms with Gasteiger partial charge in [-0.3, -0.25) is 9.59 Å². The quantitative estimate of drug-likeness (QED) is 0.789. The molecule has 3 nitrogen and oxygen atoms in total. The van der Waals surface area contributed by atoms with E-state index in [4.69, 9.17) is 0 Å². The summed E-state index contributed by atoms with van der Waals surface area (Å²) < 4.78 is 1.78. The molecule has 2 aromatic rings. The Kier molecular flexibility index (Phi) is 2.82. The highest BCUT2D eigenvalue weighted by molar-refractivity contribution is 5.94. The summed E-state index contributed by atoms with van der Waals surface area (Å²) in [5, 5.41) is 0. The SMILES string of the molecule is CC(=O)c1ccc(-c2ccccc2)n(C2CC2)c1=O. The molecule has 0 radical (unpaired) electrons. The van der Waals surface area contributed by atoms with Crippen molar-refractivity contribution in [2.24, 2.45) is 0 Å². The third-order valence-corrected chi connectivity index (χ3v) is 3.48. The van der Waals surface area contributed by atoms with Crippen molar-refractivity contribution >= 4 is 5.78 Å². The maximum Gasteiger partial charge on any atom is 0.262 e. The number of rotatable bonds is 3. The largest absolute Gasteiger partial charge is 0.305 e. The minimum absolute atomic E-state index is 0.156. The standard InChI is InChI=1S/C16H15NO2/c1-11(18)14-9-10-15(12-5-3-2-4-6-12)17(16(14)19)13-7-8-13/h2-6,9-10,13H,7-8H2,1H3. The molecule has 1 saturated carbocycles. The first kappa shape index (κ1) is 11.9. The van der Waals surface area contributed by atoms with Crippen LogP contribution in [0.2, 0.25) is 0 Å². The van der Waals surface area contributed by atoms with Crippen LogP contribution in [-0.2, 0) is 0 Å². The van der Waals surface area contributed by atoms with Crippen LogP contribution in [0.25, 0.3) is 11.3 Å². The van der Waals surface area contributed by atoms with E-state index in [-0.39, 0.29) is 22.9 Å². The Morgan fingerprint density at radius 3 is 2.37 bits per heavy atom. The molecule has 0 aliphatic heterocycles. The zero-order valence-electron chi connectivity index (χ0n) is 10.8. The van der Waals surface area contributed by atoms with E-state index in [9.17, 15) is 9.59 Å². The molecule has 19 heavy (non-hydrogen) atoms. The van der Waals surface area contributed by atoms with Crippen molar-refractivity contribution < 1.29 is 4.79 Å². The van der Waals surface area contributed by atoms with Crippen LogP contribution in [-0.4, -0.2) is 10.4 Å². The molecule has 1 aromatic carbocycles. The van der Waals surface area contributed by atoms with E-state index in [0.29, 0.717) is 0 Å². The lowest BCUT2D eigenvalue weighted by Crippen LogP contribution is -2.26. The number of Topliss-reactive ketones (excluding diaryl/α,β-unsaturated/α-hetero) is 1. The molecule has 3 heteroatoms. The molecular weight excluding hydrogens is 238 g/mol. The van der Waals surface area contributed by atoms with Gasteiger partial charge in [-0.15, -0.1) is 0 Å². The average molecular weight is 253 g/mol. The second kappa shape index (κ2) is 4.50. The van der Waals surface area contributed by atoms with E-state index in [2.05, 4.69) is 0 Å². The molecular formula is C16H15NO2. The van der Waals surface area contributed by atoms with Crippen molar-refractivity contribution in [1.29, 1.82) is 0 Å². The first-order chi connectivity index (χ1) is 9.18. The van der Waals surface area contributed by atoms with Crippen molar-refractivity contribution in [2.45, 2.75) is 25.8 Å². The lowest BCUT2D eigenvalue weighted by Gasteiger charge is -2.13. The van der Waals surface area contributed by atoms with Crippen LogP contribution in [0.4, 0.5) is 0 Å². The Bertz CT molecular complexity index is 682. The van der Waals surface area contributed by atoms with Crippen molar-refractivity contribution in [3.8, 4) is 11.3 Å². The van der Waals surface area contributed by atoms with Gasteiger partial charge in [0, 0.05) is 6.04 Å². The van der Waals surface area contributed by atoms with Crippen LogP contribution in [0.3, 0.4) is 0 Å². The monoisotopic (exact) mass is 253 g/mol. The summed E-state index contributed by atoms with van der Waals surface area (Å²) in [7, 11) is 0. The molecule has 1 heterocycles. The highest BCUT2D eigenvalue weighted by atomic mass is 16.1. The molecule has 0 atom stereocenters. The summed E-state index contributed by atoms with van der Waals surface area (Å²) in [4.78, 5) is 23.9. The predicted molar refractivity (Wildman–Crippen MR) is 74.4 cm³/mol. The molecule has 3 rings (SSSR count). The number of pyridine rings is 1. The van der Waals surface area contributed by atoms with Gasteiger partial charge in [0.2, 0.25) is 0 Å². The number of carbonyl (C=O) groups excluding carboxylic acids is 1. The smallest absolute Gasteiger partial charge is 0.262 e. The second-order valence-corrected chi connectivity index (χ2v) is 4.96. The molecule has 1 aliphatic carbocycles. The summed E-state index contributed by atoms with van der Waals surface area (Å²) >= 11 is 0. The zero-order chi connectivity index (χ0) is 13.4. The van der Waals surface area contributed by atoms with Crippen LogP contribution >= 0.6 is 0 Å². The lowest BCUT2D eigenvalue weighted by molar-refractivity contribution is 0.101. The van der Waals surface area contributed by atoms with Gasteiger partial charge in [-0.1, -0.05) is 30.3 Å². The molecule has 1 fully saturated rings. The Balaban J connectivity index is 2.24. The van der Waals surface area contributed by atoms with E-state index in [1.807, 2.05) is 36.4 Å². The fourth-order valence-corrected chi connectivity index (χ4v) is 2.36. The second-order valence-electron chi connectivity index (χ2n) is 4.96. The van der Waals surface area contributed by atoms with E-state index < -0.39 is 0 Å². The Hall–Kier alpha value is -2.16. The number of ketones is 1. The van der Waals surface area contributed by atoms with Crippen LogP contribution in [0, 0.1) is 0 Å². The molecule has 0 N–H and O–H groups in total. The summed E-state index contributed by atoms with van der Waals surface area (Å²) in [6, 6.07) is 13.6. The highest BCUT2D eigenvalue weighted by Gasteiger charge is 2.28.